The third-order valence-electron chi connectivity index (χ3n) is 2.56. The molecule has 0 aliphatic carbocycles. The lowest BCUT2D eigenvalue weighted by atomic mass is 10.2. The SMILES string of the molecule is Nc1ccc(O)c(C(Oc2ccccc2)S(=O)(=O)O)c1. The Balaban J connectivity index is 2.46. The summed E-state index contributed by atoms with van der Waals surface area (Å²) in [5.41, 5.74) is 3.91. The summed E-state index contributed by atoms with van der Waals surface area (Å²) in [6, 6.07) is 12.0. The fraction of sp³-hybridized carbons (Fsp3) is 0.0769. The molecule has 0 aromatic heterocycles. The predicted molar refractivity (Wildman–Crippen MR) is 73.9 cm³/mol. The van der Waals surface area contributed by atoms with Gasteiger partial charge in [-0.25, -0.2) is 0 Å². The zero-order chi connectivity index (χ0) is 14.8. The number of ether oxygens (including phenoxy) is 1. The molecule has 0 amide bonds. The minimum atomic E-state index is -4.59. The summed E-state index contributed by atoms with van der Waals surface area (Å²) < 4.78 is 37.5. The largest absolute Gasteiger partial charge is 0.507 e. The van der Waals surface area contributed by atoms with Crippen molar-refractivity contribution in [1.82, 2.24) is 0 Å². The molecule has 0 saturated carbocycles. The lowest BCUT2D eigenvalue weighted by Gasteiger charge is -2.18. The van der Waals surface area contributed by atoms with Crippen molar-refractivity contribution < 1.29 is 22.8 Å². The molecule has 2 rings (SSSR count). The maximum Gasteiger partial charge on any atom is 0.308 e. The van der Waals surface area contributed by atoms with Gasteiger partial charge >= 0.3 is 10.1 Å². The Bertz CT molecular complexity index is 700. The first-order valence-corrected chi connectivity index (χ1v) is 7.14. The summed E-state index contributed by atoms with van der Waals surface area (Å²) in [6.07, 6.45) is 0. The van der Waals surface area contributed by atoms with Crippen LogP contribution in [-0.4, -0.2) is 18.1 Å². The van der Waals surface area contributed by atoms with E-state index in [1.54, 1.807) is 18.2 Å². The highest BCUT2D eigenvalue weighted by Gasteiger charge is 2.30. The normalized spacial score (nSPS) is 12.8. The van der Waals surface area contributed by atoms with Gasteiger partial charge in [0.1, 0.15) is 11.5 Å². The van der Waals surface area contributed by atoms with E-state index < -0.39 is 15.6 Å². The molecule has 4 N–H and O–H groups in total. The van der Waals surface area contributed by atoms with Gasteiger partial charge in [-0.3, -0.25) is 4.55 Å². The van der Waals surface area contributed by atoms with Crippen LogP contribution in [0, 0.1) is 0 Å². The lowest BCUT2D eigenvalue weighted by Crippen LogP contribution is -2.19. The first-order chi connectivity index (χ1) is 9.38. The van der Waals surface area contributed by atoms with E-state index in [0.29, 0.717) is 0 Å². The zero-order valence-corrected chi connectivity index (χ0v) is 11.1. The van der Waals surface area contributed by atoms with Crippen molar-refractivity contribution in [1.29, 1.82) is 0 Å². The summed E-state index contributed by atoms with van der Waals surface area (Å²) in [6.45, 7) is 0. The highest BCUT2D eigenvalue weighted by Crippen LogP contribution is 2.33. The van der Waals surface area contributed by atoms with E-state index in [1.807, 2.05) is 0 Å². The van der Waals surface area contributed by atoms with Gasteiger partial charge in [0.15, 0.2) is 0 Å². The number of rotatable bonds is 4. The number of benzene rings is 2. The number of hydrogen-bond acceptors (Lipinski definition) is 5. The topological polar surface area (TPSA) is 110 Å². The van der Waals surface area contributed by atoms with E-state index >= 15 is 0 Å². The molecule has 6 nitrogen and oxygen atoms in total. The molecule has 0 saturated heterocycles. The van der Waals surface area contributed by atoms with Crippen molar-refractivity contribution in [2.75, 3.05) is 5.73 Å². The Morgan fingerprint density at radius 1 is 1.10 bits per heavy atom. The van der Waals surface area contributed by atoms with Crippen molar-refractivity contribution in [3.63, 3.8) is 0 Å². The van der Waals surface area contributed by atoms with Gasteiger partial charge in [-0.05, 0) is 30.3 Å². The molecule has 106 valence electrons. The van der Waals surface area contributed by atoms with Crippen molar-refractivity contribution in [3.8, 4) is 11.5 Å². The number of anilines is 1. The van der Waals surface area contributed by atoms with Gasteiger partial charge in [0, 0.05) is 5.69 Å². The number of aromatic hydroxyl groups is 1. The minimum absolute atomic E-state index is 0.128. The van der Waals surface area contributed by atoms with Crippen molar-refractivity contribution in [2.45, 2.75) is 5.44 Å². The van der Waals surface area contributed by atoms with E-state index in [9.17, 15) is 18.1 Å². The summed E-state index contributed by atoms with van der Waals surface area (Å²) in [4.78, 5) is 0. The number of hydrogen-bond donors (Lipinski definition) is 3. The van der Waals surface area contributed by atoms with Crippen LogP contribution in [0.1, 0.15) is 11.0 Å². The average Bonchev–Trinajstić information content (AvgIpc) is 2.39. The zero-order valence-electron chi connectivity index (χ0n) is 10.3. The molecule has 0 spiro atoms. The first-order valence-electron chi connectivity index (χ1n) is 5.64. The molecule has 0 aliphatic rings. The van der Waals surface area contributed by atoms with Gasteiger partial charge in [-0.1, -0.05) is 18.2 Å². The van der Waals surface area contributed by atoms with Crippen LogP contribution in [-0.2, 0) is 10.1 Å². The van der Waals surface area contributed by atoms with Crippen LogP contribution in [0.5, 0.6) is 11.5 Å². The molecule has 0 heterocycles. The van der Waals surface area contributed by atoms with Crippen molar-refractivity contribution in [2.24, 2.45) is 0 Å². The van der Waals surface area contributed by atoms with E-state index in [0.717, 1.165) is 0 Å². The average molecular weight is 295 g/mol. The molecule has 20 heavy (non-hydrogen) atoms. The second-order valence-electron chi connectivity index (χ2n) is 4.10. The first kappa shape index (κ1) is 14.2. The van der Waals surface area contributed by atoms with Gasteiger partial charge in [0.2, 0.25) is 0 Å². The number of para-hydroxylation sites is 1. The lowest BCUT2D eigenvalue weighted by molar-refractivity contribution is 0.257. The number of phenolic OH excluding ortho intramolecular Hbond substituents is 1. The fourth-order valence-electron chi connectivity index (χ4n) is 1.67. The molecular formula is C13H13NO5S. The van der Waals surface area contributed by atoms with Gasteiger partial charge in [0.05, 0.1) is 5.56 Å². The number of nitrogen functional groups attached to an aromatic ring is 1. The maximum atomic E-state index is 11.5. The summed E-state index contributed by atoms with van der Waals surface area (Å²) in [5.74, 6) is -0.102. The maximum absolute atomic E-state index is 11.5. The summed E-state index contributed by atoms with van der Waals surface area (Å²) >= 11 is 0. The molecule has 7 heteroatoms. The predicted octanol–water partition coefficient (Wildman–Crippen LogP) is 1.94. The van der Waals surface area contributed by atoms with Crippen LogP contribution >= 0.6 is 0 Å². The highest BCUT2D eigenvalue weighted by molar-refractivity contribution is 7.85. The summed E-state index contributed by atoms with van der Waals surface area (Å²) in [5, 5.41) is 9.74. The van der Waals surface area contributed by atoms with Gasteiger partial charge < -0.3 is 15.6 Å². The molecule has 0 bridgehead atoms. The Labute approximate surface area is 116 Å². The quantitative estimate of drug-likeness (QED) is 0.452. The number of nitrogens with two attached hydrogens (primary N) is 1. The Morgan fingerprint density at radius 3 is 2.35 bits per heavy atom. The minimum Gasteiger partial charge on any atom is -0.507 e. The third kappa shape index (κ3) is 3.19. The molecule has 2 aromatic rings. The number of phenols is 1. The van der Waals surface area contributed by atoms with Crippen LogP contribution in [0.2, 0.25) is 0 Å². The standard InChI is InChI=1S/C13H13NO5S/c14-9-6-7-12(15)11(8-9)13(20(16,17)18)19-10-4-2-1-3-5-10/h1-8,13,15H,14H2,(H,16,17,18). The third-order valence-corrected chi connectivity index (χ3v) is 3.45. The Kier molecular flexibility index (Phi) is 3.82. The fourth-order valence-corrected chi connectivity index (χ4v) is 2.41. The van der Waals surface area contributed by atoms with Crippen LogP contribution in [0.3, 0.4) is 0 Å². The van der Waals surface area contributed by atoms with Crippen molar-refractivity contribution in [3.05, 3.63) is 54.1 Å². The van der Waals surface area contributed by atoms with E-state index in [-0.39, 0.29) is 22.7 Å². The second kappa shape index (κ2) is 5.40. The van der Waals surface area contributed by atoms with E-state index in [2.05, 4.69) is 0 Å². The molecule has 1 atom stereocenters. The van der Waals surface area contributed by atoms with Crippen LogP contribution < -0.4 is 10.5 Å². The molecule has 2 aromatic carbocycles. The van der Waals surface area contributed by atoms with Crippen LogP contribution in [0.4, 0.5) is 5.69 Å². The Morgan fingerprint density at radius 2 is 1.75 bits per heavy atom. The van der Waals surface area contributed by atoms with E-state index in [1.165, 1.54) is 30.3 Å². The monoisotopic (exact) mass is 295 g/mol. The molecule has 1 unspecified atom stereocenters. The van der Waals surface area contributed by atoms with Gasteiger partial charge in [-0.15, -0.1) is 0 Å². The molecule has 0 aliphatic heterocycles. The molecular weight excluding hydrogens is 282 g/mol. The van der Waals surface area contributed by atoms with Crippen LogP contribution in [0.25, 0.3) is 0 Å². The van der Waals surface area contributed by atoms with E-state index in [4.69, 9.17) is 10.5 Å². The molecule has 0 fully saturated rings. The highest BCUT2D eigenvalue weighted by atomic mass is 32.2. The smallest absolute Gasteiger partial charge is 0.308 e. The van der Waals surface area contributed by atoms with Crippen LogP contribution in [0.15, 0.2) is 48.5 Å². The molecule has 0 radical (unpaired) electrons. The van der Waals surface area contributed by atoms with Crippen molar-refractivity contribution >= 4 is 15.8 Å². The second-order valence-corrected chi connectivity index (χ2v) is 5.55. The van der Waals surface area contributed by atoms with Gasteiger partial charge in [-0.2, -0.15) is 8.42 Å². The van der Waals surface area contributed by atoms with Gasteiger partial charge in [0.25, 0.3) is 5.44 Å². The summed E-state index contributed by atoms with van der Waals surface area (Å²) in [7, 11) is -4.59. The Hall–Kier alpha value is -2.25.